The summed E-state index contributed by atoms with van der Waals surface area (Å²) in [4.78, 5) is 0. The monoisotopic (exact) mass is 236 g/mol. The van der Waals surface area contributed by atoms with Crippen LogP contribution in [0.5, 0.6) is 0 Å². The first-order valence-corrected chi connectivity index (χ1v) is 6.68. The lowest BCUT2D eigenvalue weighted by atomic mass is 9.82. The average molecular weight is 236 g/mol. The molecule has 17 heavy (non-hydrogen) atoms. The minimum Gasteiger partial charge on any atom is -0.390 e. The highest BCUT2D eigenvalue weighted by molar-refractivity contribution is 5.24. The summed E-state index contributed by atoms with van der Waals surface area (Å²) >= 11 is 0. The van der Waals surface area contributed by atoms with Gasteiger partial charge in [-0.25, -0.2) is 0 Å². The van der Waals surface area contributed by atoms with Crippen LogP contribution in [0.1, 0.15) is 40.0 Å². The molecule has 2 aliphatic rings. The third kappa shape index (κ3) is 2.63. The van der Waals surface area contributed by atoms with Crippen LogP contribution in [0.2, 0.25) is 0 Å². The third-order valence-corrected chi connectivity index (χ3v) is 3.90. The quantitative estimate of drug-likeness (QED) is 0.763. The number of aliphatic hydroxyl groups excluding tert-OH is 1. The molecule has 1 heterocycles. The van der Waals surface area contributed by atoms with Crippen molar-refractivity contribution in [2.24, 2.45) is 11.8 Å². The number of aliphatic hydroxyl groups is 1. The predicted octanol–water partition coefficient (Wildman–Crippen LogP) is 3.07. The smallest absolute Gasteiger partial charge is 0.105 e. The fraction of sp³-hybridized carbons (Fsp3) is 0.733. The fourth-order valence-electron chi connectivity index (χ4n) is 2.97. The Bertz CT molecular complexity index is 330. The number of fused-ring (bicyclic) bond motifs is 1. The molecule has 0 aromatic carbocycles. The molecular weight excluding hydrogens is 212 g/mol. The molecule has 0 unspecified atom stereocenters. The van der Waals surface area contributed by atoms with Gasteiger partial charge in [0.05, 0.1) is 12.2 Å². The summed E-state index contributed by atoms with van der Waals surface area (Å²) < 4.78 is 5.98. The Kier molecular flexibility index (Phi) is 3.74. The first-order chi connectivity index (χ1) is 7.99. The Labute approximate surface area is 104 Å². The molecule has 2 rings (SSSR count). The van der Waals surface area contributed by atoms with Crippen molar-refractivity contribution in [3.05, 3.63) is 23.8 Å². The van der Waals surface area contributed by atoms with E-state index < -0.39 is 6.10 Å². The predicted molar refractivity (Wildman–Crippen MR) is 69.7 cm³/mol. The Hall–Kier alpha value is -0.600. The van der Waals surface area contributed by atoms with Gasteiger partial charge in [-0.15, -0.1) is 0 Å². The molecule has 1 aliphatic carbocycles. The van der Waals surface area contributed by atoms with Gasteiger partial charge in [0, 0.05) is 5.92 Å². The number of allylic oxidation sites excluding steroid dienone is 1. The second kappa shape index (κ2) is 4.95. The van der Waals surface area contributed by atoms with E-state index in [4.69, 9.17) is 4.74 Å². The second-order valence-corrected chi connectivity index (χ2v) is 5.95. The van der Waals surface area contributed by atoms with Crippen molar-refractivity contribution in [1.82, 2.24) is 0 Å². The van der Waals surface area contributed by atoms with E-state index in [1.807, 2.05) is 0 Å². The summed E-state index contributed by atoms with van der Waals surface area (Å²) in [6.45, 7) is 10.6. The van der Waals surface area contributed by atoms with Crippen LogP contribution in [0.3, 0.4) is 0 Å². The van der Waals surface area contributed by atoms with E-state index in [1.54, 1.807) is 0 Å². The Morgan fingerprint density at radius 1 is 1.53 bits per heavy atom. The van der Waals surface area contributed by atoms with Crippen LogP contribution in [-0.4, -0.2) is 23.4 Å². The molecule has 1 fully saturated rings. The maximum atomic E-state index is 10.2. The molecule has 0 aromatic rings. The Morgan fingerprint density at radius 2 is 2.24 bits per heavy atom. The van der Waals surface area contributed by atoms with Crippen LogP contribution in [0.15, 0.2) is 23.8 Å². The maximum Gasteiger partial charge on any atom is 0.105 e. The molecule has 0 saturated carbocycles. The fourth-order valence-corrected chi connectivity index (χ4v) is 2.97. The van der Waals surface area contributed by atoms with E-state index in [9.17, 15) is 5.11 Å². The lowest BCUT2D eigenvalue weighted by Gasteiger charge is -2.21. The first kappa shape index (κ1) is 12.8. The zero-order chi connectivity index (χ0) is 12.6. The van der Waals surface area contributed by atoms with Crippen LogP contribution in [0, 0.1) is 11.8 Å². The molecule has 2 heteroatoms. The van der Waals surface area contributed by atoms with E-state index in [2.05, 4.69) is 33.4 Å². The van der Waals surface area contributed by atoms with Crippen LogP contribution >= 0.6 is 0 Å². The van der Waals surface area contributed by atoms with E-state index in [-0.39, 0.29) is 12.2 Å². The van der Waals surface area contributed by atoms with Crippen LogP contribution in [0.25, 0.3) is 0 Å². The highest BCUT2D eigenvalue weighted by Crippen LogP contribution is 2.41. The average Bonchev–Trinajstić information content (AvgIpc) is 2.54. The van der Waals surface area contributed by atoms with Gasteiger partial charge in [-0.05, 0) is 37.7 Å². The van der Waals surface area contributed by atoms with Gasteiger partial charge in [0.15, 0.2) is 0 Å². The molecular formula is C15H24O2. The summed E-state index contributed by atoms with van der Waals surface area (Å²) in [6.07, 6.45) is 4.85. The van der Waals surface area contributed by atoms with Crippen molar-refractivity contribution in [1.29, 1.82) is 0 Å². The largest absolute Gasteiger partial charge is 0.390 e. The summed E-state index contributed by atoms with van der Waals surface area (Å²) in [6, 6.07) is 0. The third-order valence-electron chi connectivity index (χ3n) is 3.90. The van der Waals surface area contributed by atoms with Gasteiger partial charge in [0.2, 0.25) is 0 Å². The highest BCUT2D eigenvalue weighted by atomic mass is 16.5. The Morgan fingerprint density at radius 3 is 2.88 bits per heavy atom. The molecule has 4 atom stereocenters. The maximum absolute atomic E-state index is 10.2. The van der Waals surface area contributed by atoms with Crippen molar-refractivity contribution in [2.45, 2.75) is 58.3 Å². The lowest BCUT2D eigenvalue weighted by molar-refractivity contribution is -0.0226. The van der Waals surface area contributed by atoms with Gasteiger partial charge in [-0.1, -0.05) is 32.1 Å². The minimum absolute atomic E-state index is 0.156. The van der Waals surface area contributed by atoms with E-state index in [0.717, 1.165) is 24.8 Å². The number of ether oxygens (including phenoxy) is 1. The van der Waals surface area contributed by atoms with Crippen LogP contribution in [0.4, 0.5) is 0 Å². The minimum atomic E-state index is -0.401. The van der Waals surface area contributed by atoms with Crippen molar-refractivity contribution >= 4 is 0 Å². The van der Waals surface area contributed by atoms with Gasteiger partial charge >= 0.3 is 0 Å². The summed E-state index contributed by atoms with van der Waals surface area (Å²) in [5.41, 5.74) is 2.50. The van der Waals surface area contributed by atoms with Gasteiger partial charge in [-0.3, -0.25) is 0 Å². The second-order valence-electron chi connectivity index (χ2n) is 5.95. The SMILES string of the molecule is C=C1[C@H]2CCC(C)=C[C@H]2O[C@@H]1[C@H](O)CC(C)C. The number of hydrogen-bond acceptors (Lipinski definition) is 2. The van der Waals surface area contributed by atoms with Gasteiger partial charge in [-0.2, -0.15) is 0 Å². The van der Waals surface area contributed by atoms with Gasteiger partial charge in [0.1, 0.15) is 6.10 Å². The zero-order valence-corrected chi connectivity index (χ0v) is 11.1. The van der Waals surface area contributed by atoms with Crippen molar-refractivity contribution in [3.63, 3.8) is 0 Å². The summed E-state index contributed by atoms with van der Waals surface area (Å²) in [7, 11) is 0. The van der Waals surface area contributed by atoms with Gasteiger partial charge in [0.25, 0.3) is 0 Å². The lowest BCUT2D eigenvalue weighted by Crippen LogP contribution is -2.28. The zero-order valence-electron chi connectivity index (χ0n) is 11.1. The molecule has 0 bridgehead atoms. The van der Waals surface area contributed by atoms with Crippen LogP contribution in [-0.2, 0) is 4.74 Å². The van der Waals surface area contributed by atoms with Crippen LogP contribution < -0.4 is 0 Å². The molecule has 1 saturated heterocycles. The number of rotatable bonds is 3. The standard InChI is InChI=1S/C15H24O2/c1-9(2)7-13(16)15-11(4)12-6-5-10(3)8-14(12)17-15/h8-9,12-16H,4-7H2,1-3H3/t12-,13-,14-,15+/m1/s1. The van der Waals surface area contributed by atoms with Gasteiger partial charge < -0.3 is 9.84 Å². The Balaban J connectivity index is 2.06. The molecule has 0 radical (unpaired) electrons. The molecule has 96 valence electrons. The molecule has 0 amide bonds. The van der Waals surface area contributed by atoms with E-state index in [0.29, 0.717) is 11.8 Å². The normalized spacial score (nSPS) is 34.8. The molecule has 0 aromatic heterocycles. The first-order valence-electron chi connectivity index (χ1n) is 6.68. The molecule has 1 N–H and O–H groups in total. The molecule has 2 nitrogen and oxygen atoms in total. The topological polar surface area (TPSA) is 29.5 Å². The van der Waals surface area contributed by atoms with E-state index in [1.165, 1.54) is 5.57 Å². The van der Waals surface area contributed by atoms with E-state index >= 15 is 0 Å². The highest BCUT2D eigenvalue weighted by Gasteiger charge is 2.41. The molecule has 1 aliphatic heterocycles. The summed E-state index contributed by atoms with van der Waals surface area (Å²) in [5.74, 6) is 0.909. The number of hydrogen-bond donors (Lipinski definition) is 1. The summed E-state index contributed by atoms with van der Waals surface area (Å²) in [5, 5.41) is 10.2. The van der Waals surface area contributed by atoms with Crippen molar-refractivity contribution < 1.29 is 9.84 Å². The molecule has 0 spiro atoms. The van der Waals surface area contributed by atoms with Crippen molar-refractivity contribution in [3.8, 4) is 0 Å². The van der Waals surface area contributed by atoms with Crippen molar-refractivity contribution in [2.75, 3.05) is 0 Å².